The maximum atomic E-state index is 11.6. The molecule has 0 aromatic carbocycles. The smallest absolute Gasteiger partial charge is 0.407 e. The molecule has 2 N–H and O–H groups in total. The van der Waals surface area contributed by atoms with Gasteiger partial charge in [0.1, 0.15) is 5.60 Å². The van der Waals surface area contributed by atoms with Crippen LogP contribution in [0.4, 0.5) is 9.59 Å². The van der Waals surface area contributed by atoms with Gasteiger partial charge >= 0.3 is 12.2 Å². The number of hydrogen-bond donors (Lipinski definition) is 2. The first-order valence-electron chi connectivity index (χ1n) is 7.94. The van der Waals surface area contributed by atoms with Crippen molar-refractivity contribution in [2.45, 2.75) is 79.0 Å². The SMILES string of the molecule is CC(C)COC(=O)NC(C)CCC(C)(C)OC(=O)NC(C)C. The maximum Gasteiger partial charge on any atom is 0.407 e. The number of carbonyl (C=O) groups excluding carboxylic acids is 2. The molecule has 0 heterocycles. The molecule has 130 valence electrons. The average Bonchev–Trinajstić information content (AvgIpc) is 2.32. The maximum absolute atomic E-state index is 11.6. The van der Waals surface area contributed by atoms with E-state index in [1.165, 1.54) is 0 Å². The van der Waals surface area contributed by atoms with Crippen molar-refractivity contribution < 1.29 is 19.1 Å². The predicted molar refractivity (Wildman–Crippen MR) is 86.8 cm³/mol. The molecule has 0 spiro atoms. The highest BCUT2D eigenvalue weighted by Gasteiger charge is 2.24. The van der Waals surface area contributed by atoms with Crippen molar-refractivity contribution in [2.24, 2.45) is 5.92 Å². The molecule has 0 rings (SSSR count). The van der Waals surface area contributed by atoms with Gasteiger partial charge in [0.25, 0.3) is 0 Å². The molecule has 0 bridgehead atoms. The van der Waals surface area contributed by atoms with Gasteiger partial charge in [-0.25, -0.2) is 9.59 Å². The predicted octanol–water partition coefficient (Wildman–Crippen LogP) is 3.45. The van der Waals surface area contributed by atoms with Crippen molar-refractivity contribution in [1.29, 1.82) is 0 Å². The zero-order valence-electron chi connectivity index (χ0n) is 15.0. The molecule has 0 aliphatic heterocycles. The molecule has 1 unspecified atom stereocenters. The van der Waals surface area contributed by atoms with E-state index >= 15 is 0 Å². The zero-order chi connectivity index (χ0) is 17.3. The van der Waals surface area contributed by atoms with Crippen LogP contribution in [0, 0.1) is 5.92 Å². The Morgan fingerprint density at radius 3 is 2.09 bits per heavy atom. The highest BCUT2D eigenvalue weighted by Crippen LogP contribution is 2.18. The van der Waals surface area contributed by atoms with Crippen molar-refractivity contribution in [2.75, 3.05) is 6.61 Å². The van der Waals surface area contributed by atoms with E-state index in [-0.39, 0.29) is 12.1 Å². The summed E-state index contributed by atoms with van der Waals surface area (Å²) < 4.78 is 10.5. The lowest BCUT2D eigenvalue weighted by atomic mass is 9.99. The van der Waals surface area contributed by atoms with E-state index in [1.807, 2.05) is 48.5 Å². The van der Waals surface area contributed by atoms with Crippen LogP contribution in [0.2, 0.25) is 0 Å². The minimum absolute atomic E-state index is 0.0413. The van der Waals surface area contributed by atoms with Crippen molar-refractivity contribution in [3.8, 4) is 0 Å². The van der Waals surface area contributed by atoms with Gasteiger partial charge < -0.3 is 20.1 Å². The Hall–Kier alpha value is -1.46. The molecule has 6 heteroatoms. The molecule has 0 radical (unpaired) electrons. The highest BCUT2D eigenvalue weighted by atomic mass is 16.6. The van der Waals surface area contributed by atoms with E-state index in [0.717, 1.165) is 0 Å². The fraction of sp³-hybridized carbons (Fsp3) is 0.875. The summed E-state index contributed by atoms with van der Waals surface area (Å²) in [5, 5.41) is 5.47. The summed E-state index contributed by atoms with van der Waals surface area (Å²) >= 11 is 0. The Morgan fingerprint density at radius 2 is 1.59 bits per heavy atom. The van der Waals surface area contributed by atoms with Crippen LogP contribution in [0.25, 0.3) is 0 Å². The zero-order valence-corrected chi connectivity index (χ0v) is 15.0. The summed E-state index contributed by atoms with van der Waals surface area (Å²) in [5.41, 5.74) is -0.587. The molecule has 0 fully saturated rings. The molecule has 0 saturated heterocycles. The van der Waals surface area contributed by atoms with Gasteiger partial charge in [0.2, 0.25) is 0 Å². The first kappa shape index (κ1) is 20.5. The lowest BCUT2D eigenvalue weighted by Gasteiger charge is -2.27. The Kier molecular flexibility index (Phi) is 8.90. The van der Waals surface area contributed by atoms with Crippen molar-refractivity contribution >= 4 is 12.2 Å². The summed E-state index contributed by atoms with van der Waals surface area (Å²) in [7, 11) is 0. The van der Waals surface area contributed by atoms with Gasteiger partial charge in [-0.2, -0.15) is 0 Å². The van der Waals surface area contributed by atoms with Crippen LogP contribution in [-0.2, 0) is 9.47 Å². The Labute approximate surface area is 134 Å². The second-order valence-corrected chi connectivity index (χ2v) is 7.02. The monoisotopic (exact) mass is 316 g/mol. The van der Waals surface area contributed by atoms with E-state index in [2.05, 4.69) is 10.6 Å². The third kappa shape index (κ3) is 11.2. The van der Waals surface area contributed by atoms with Crippen LogP contribution in [0.1, 0.15) is 61.3 Å². The van der Waals surface area contributed by atoms with Crippen molar-refractivity contribution in [3.05, 3.63) is 0 Å². The van der Waals surface area contributed by atoms with Gasteiger partial charge in [0.05, 0.1) is 6.61 Å². The first-order valence-corrected chi connectivity index (χ1v) is 7.94. The van der Waals surface area contributed by atoms with Crippen LogP contribution in [0.3, 0.4) is 0 Å². The molecule has 6 nitrogen and oxygen atoms in total. The summed E-state index contributed by atoms with van der Waals surface area (Å²) in [5.74, 6) is 0.313. The summed E-state index contributed by atoms with van der Waals surface area (Å²) in [6.45, 7) is 13.8. The number of nitrogens with one attached hydrogen (secondary N) is 2. The van der Waals surface area contributed by atoms with Crippen LogP contribution < -0.4 is 10.6 Å². The van der Waals surface area contributed by atoms with Gasteiger partial charge in [-0.15, -0.1) is 0 Å². The van der Waals surface area contributed by atoms with E-state index < -0.39 is 17.8 Å². The lowest BCUT2D eigenvalue weighted by Crippen LogP contribution is -2.39. The number of rotatable bonds is 8. The number of carbonyl (C=O) groups is 2. The fourth-order valence-corrected chi connectivity index (χ4v) is 1.69. The molecule has 22 heavy (non-hydrogen) atoms. The molecular weight excluding hydrogens is 284 g/mol. The number of alkyl carbamates (subject to hydrolysis) is 2. The topological polar surface area (TPSA) is 76.7 Å². The van der Waals surface area contributed by atoms with Crippen molar-refractivity contribution in [1.82, 2.24) is 10.6 Å². The fourth-order valence-electron chi connectivity index (χ4n) is 1.69. The Bertz CT molecular complexity index is 354. The lowest BCUT2D eigenvalue weighted by molar-refractivity contribution is 0.0282. The minimum Gasteiger partial charge on any atom is -0.449 e. The highest BCUT2D eigenvalue weighted by molar-refractivity contribution is 5.68. The molecule has 0 aromatic heterocycles. The molecule has 0 saturated carbocycles. The number of ether oxygens (including phenoxy) is 2. The van der Waals surface area contributed by atoms with Gasteiger partial charge in [-0.1, -0.05) is 13.8 Å². The Balaban J connectivity index is 4.08. The average molecular weight is 316 g/mol. The largest absolute Gasteiger partial charge is 0.449 e. The molecule has 0 aliphatic carbocycles. The Morgan fingerprint density at radius 1 is 1.00 bits per heavy atom. The normalized spacial score (nSPS) is 13.0. The summed E-state index contributed by atoms with van der Waals surface area (Å²) in [6, 6.07) is -0.00434. The van der Waals surface area contributed by atoms with E-state index in [0.29, 0.717) is 25.4 Å². The molecule has 0 aromatic rings. The molecule has 2 amide bonds. The molecule has 1 atom stereocenters. The van der Waals surface area contributed by atoms with Crippen LogP contribution in [-0.4, -0.2) is 36.5 Å². The van der Waals surface area contributed by atoms with Crippen LogP contribution in [0.5, 0.6) is 0 Å². The quantitative estimate of drug-likeness (QED) is 0.719. The van der Waals surface area contributed by atoms with Crippen LogP contribution in [0.15, 0.2) is 0 Å². The number of amides is 2. The summed E-state index contributed by atoms with van der Waals surface area (Å²) in [6.07, 6.45) is 0.512. The van der Waals surface area contributed by atoms with Crippen molar-refractivity contribution in [3.63, 3.8) is 0 Å². The van der Waals surface area contributed by atoms with E-state index in [4.69, 9.17) is 9.47 Å². The third-order valence-corrected chi connectivity index (χ3v) is 2.87. The van der Waals surface area contributed by atoms with Crippen LogP contribution >= 0.6 is 0 Å². The van der Waals surface area contributed by atoms with E-state index in [9.17, 15) is 9.59 Å². The van der Waals surface area contributed by atoms with E-state index in [1.54, 1.807) is 0 Å². The number of hydrogen-bond acceptors (Lipinski definition) is 4. The third-order valence-electron chi connectivity index (χ3n) is 2.87. The van der Waals surface area contributed by atoms with Gasteiger partial charge in [-0.3, -0.25) is 0 Å². The minimum atomic E-state index is -0.587. The second kappa shape index (κ2) is 9.54. The standard InChI is InChI=1S/C16H32N2O4/c1-11(2)10-21-14(19)18-13(5)8-9-16(6,7)22-15(20)17-12(3)4/h11-13H,8-10H2,1-7H3,(H,17,20)(H,18,19). The van der Waals surface area contributed by atoms with Gasteiger partial charge in [0.15, 0.2) is 0 Å². The second-order valence-electron chi connectivity index (χ2n) is 7.02. The summed E-state index contributed by atoms with van der Waals surface area (Å²) in [4.78, 5) is 23.2. The first-order chi connectivity index (χ1) is 10.0. The molecular formula is C16H32N2O4. The van der Waals surface area contributed by atoms with Gasteiger partial charge in [0, 0.05) is 12.1 Å². The molecule has 0 aliphatic rings. The van der Waals surface area contributed by atoms with Gasteiger partial charge in [-0.05, 0) is 53.4 Å².